The second-order valence-corrected chi connectivity index (χ2v) is 6.37. The van der Waals surface area contributed by atoms with Gasteiger partial charge in [-0.15, -0.1) is 0 Å². The molecule has 18 heavy (non-hydrogen) atoms. The van der Waals surface area contributed by atoms with Gasteiger partial charge >= 0.3 is 0 Å². The van der Waals surface area contributed by atoms with Crippen LogP contribution in [-0.4, -0.2) is 4.98 Å². The Hall–Kier alpha value is -0.910. The number of hydrogen-bond donors (Lipinski definition) is 0. The lowest BCUT2D eigenvalue weighted by Crippen LogP contribution is -2.03. The molecule has 0 saturated carbocycles. The first-order valence-corrected chi connectivity index (χ1v) is 6.94. The molecule has 0 spiro atoms. The Morgan fingerprint density at radius 1 is 1.33 bits per heavy atom. The zero-order valence-electron chi connectivity index (χ0n) is 10.6. The Bertz CT molecular complexity index is 540. The maximum atomic E-state index is 13.7. The van der Waals surface area contributed by atoms with E-state index in [1.165, 1.54) is 6.92 Å². The van der Waals surface area contributed by atoms with E-state index >= 15 is 0 Å². The molecule has 0 radical (unpaired) electrons. The van der Waals surface area contributed by atoms with E-state index in [9.17, 15) is 4.39 Å². The molecule has 0 aliphatic heterocycles. The summed E-state index contributed by atoms with van der Waals surface area (Å²) in [5.41, 5.74) is 2.49. The number of rotatable bonds is 3. The largest absolute Gasteiger partial charge is 0.441 e. The highest BCUT2D eigenvalue weighted by Gasteiger charge is 2.21. The van der Waals surface area contributed by atoms with Crippen molar-refractivity contribution in [1.29, 1.82) is 0 Å². The van der Waals surface area contributed by atoms with Crippen LogP contribution in [0.2, 0.25) is 0 Å². The summed E-state index contributed by atoms with van der Waals surface area (Å²) in [6, 6.07) is 7.23. The van der Waals surface area contributed by atoms with E-state index < -0.39 is 3.68 Å². The maximum Gasteiger partial charge on any atom is 0.226 e. The summed E-state index contributed by atoms with van der Waals surface area (Å²) in [6.45, 7) is 5.49. The fraction of sp³-hybridized carbons (Fsp3) is 0.357. The fourth-order valence-electron chi connectivity index (χ4n) is 1.78. The number of benzene rings is 1. The van der Waals surface area contributed by atoms with Crippen molar-refractivity contribution in [2.24, 2.45) is 0 Å². The van der Waals surface area contributed by atoms with Gasteiger partial charge < -0.3 is 4.42 Å². The number of oxazole rings is 1. The third kappa shape index (κ3) is 2.74. The van der Waals surface area contributed by atoms with E-state index in [0.29, 0.717) is 11.5 Å². The maximum absolute atomic E-state index is 13.7. The highest BCUT2D eigenvalue weighted by atomic mass is 127. The zero-order chi connectivity index (χ0) is 13.3. The average Bonchev–Trinajstić information content (AvgIpc) is 2.69. The summed E-state index contributed by atoms with van der Waals surface area (Å²) in [5.74, 6) is 1.45. The first-order chi connectivity index (χ1) is 8.41. The first-order valence-electron chi connectivity index (χ1n) is 5.87. The predicted molar refractivity (Wildman–Crippen MR) is 78.5 cm³/mol. The van der Waals surface area contributed by atoms with Gasteiger partial charge in [-0.1, -0.05) is 19.1 Å². The van der Waals surface area contributed by atoms with Crippen molar-refractivity contribution < 1.29 is 8.81 Å². The standard InChI is InChI=1S/C14H15FINO/c1-4-12-9(2)18-13(17-12)10-5-7-11(8-6-10)14(3,15)16/h5-8H,4H2,1-3H3. The minimum Gasteiger partial charge on any atom is -0.441 e. The van der Waals surface area contributed by atoms with Crippen molar-refractivity contribution in [3.63, 3.8) is 0 Å². The molecular formula is C14H15FINO. The summed E-state index contributed by atoms with van der Waals surface area (Å²) < 4.78 is 18.0. The molecule has 96 valence electrons. The highest BCUT2D eigenvalue weighted by Crippen LogP contribution is 2.34. The third-order valence-electron chi connectivity index (χ3n) is 2.87. The molecule has 2 rings (SSSR count). The van der Waals surface area contributed by atoms with Crippen molar-refractivity contribution in [1.82, 2.24) is 4.98 Å². The molecule has 1 unspecified atom stereocenters. The molecule has 0 bridgehead atoms. The number of halogens is 2. The quantitative estimate of drug-likeness (QED) is 0.582. The van der Waals surface area contributed by atoms with Crippen LogP contribution in [0.3, 0.4) is 0 Å². The van der Waals surface area contributed by atoms with Crippen LogP contribution in [0.25, 0.3) is 11.5 Å². The Morgan fingerprint density at radius 3 is 2.39 bits per heavy atom. The van der Waals surface area contributed by atoms with E-state index in [4.69, 9.17) is 4.42 Å². The monoisotopic (exact) mass is 359 g/mol. The Kier molecular flexibility index (Phi) is 3.75. The summed E-state index contributed by atoms with van der Waals surface area (Å²) in [7, 11) is 0. The van der Waals surface area contributed by atoms with Crippen LogP contribution in [0.1, 0.15) is 30.9 Å². The summed E-state index contributed by atoms with van der Waals surface area (Å²) in [5, 5.41) is 0. The van der Waals surface area contributed by atoms with Gasteiger partial charge in [-0.05, 0) is 60.6 Å². The van der Waals surface area contributed by atoms with Gasteiger partial charge in [-0.2, -0.15) is 0 Å². The van der Waals surface area contributed by atoms with Gasteiger partial charge in [0.05, 0.1) is 5.69 Å². The lowest BCUT2D eigenvalue weighted by molar-refractivity contribution is 0.349. The molecule has 2 nitrogen and oxygen atoms in total. The van der Waals surface area contributed by atoms with E-state index in [1.54, 1.807) is 34.7 Å². The van der Waals surface area contributed by atoms with Gasteiger partial charge in [0.1, 0.15) is 5.76 Å². The number of alkyl halides is 2. The van der Waals surface area contributed by atoms with Crippen molar-refractivity contribution in [2.45, 2.75) is 30.9 Å². The summed E-state index contributed by atoms with van der Waals surface area (Å²) in [4.78, 5) is 4.43. The number of aryl methyl sites for hydroxylation is 2. The molecule has 0 aliphatic carbocycles. The molecule has 2 aromatic rings. The molecule has 1 aromatic carbocycles. The third-order valence-corrected chi connectivity index (χ3v) is 3.49. The van der Waals surface area contributed by atoms with Gasteiger partial charge in [0, 0.05) is 5.56 Å². The topological polar surface area (TPSA) is 26.0 Å². The smallest absolute Gasteiger partial charge is 0.226 e. The molecule has 0 saturated heterocycles. The van der Waals surface area contributed by atoms with Crippen molar-refractivity contribution in [3.05, 3.63) is 41.3 Å². The van der Waals surface area contributed by atoms with Crippen LogP contribution >= 0.6 is 22.6 Å². The minimum absolute atomic E-state index is 0.602. The van der Waals surface area contributed by atoms with Gasteiger partial charge in [-0.25, -0.2) is 9.37 Å². The van der Waals surface area contributed by atoms with Gasteiger partial charge in [0.15, 0.2) is 3.68 Å². The molecule has 0 amide bonds. The normalized spacial score (nSPS) is 14.5. The molecule has 0 fully saturated rings. The molecule has 1 heterocycles. The minimum atomic E-state index is -1.35. The Morgan fingerprint density at radius 2 is 1.94 bits per heavy atom. The second-order valence-electron chi connectivity index (χ2n) is 4.34. The zero-order valence-corrected chi connectivity index (χ0v) is 12.8. The van der Waals surface area contributed by atoms with Gasteiger partial charge in [-0.3, -0.25) is 0 Å². The van der Waals surface area contributed by atoms with Crippen LogP contribution in [0.4, 0.5) is 4.39 Å². The molecule has 1 atom stereocenters. The molecule has 0 aliphatic rings. The number of nitrogens with zero attached hydrogens (tertiary/aromatic N) is 1. The van der Waals surface area contributed by atoms with Crippen LogP contribution in [-0.2, 0) is 10.1 Å². The molecule has 1 aromatic heterocycles. The van der Waals surface area contributed by atoms with Crippen LogP contribution < -0.4 is 0 Å². The fourth-order valence-corrected chi connectivity index (χ4v) is 2.14. The first kappa shape index (κ1) is 13.5. The van der Waals surface area contributed by atoms with Gasteiger partial charge in [0.2, 0.25) is 5.89 Å². The van der Waals surface area contributed by atoms with Crippen LogP contribution in [0, 0.1) is 6.92 Å². The Balaban J connectivity index is 2.34. The SMILES string of the molecule is CCc1nc(-c2ccc(C(C)(F)I)cc2)oc1C. The molecule has 4 heteroatoms. The lowest BCUT2D eigenvalue weighted by Gasteiger charge is -2.12. The van der Waals surface area contributed by atoms with E-state index in [2.05, 4.69) is 4.98 Å². The number of aromatic nitrogens is 1. The van der Waals surface area contributed by atoms with E-state index in [-0.39, 0.29) is 0 Å². The second kappa shape index (κ2) is 4.99. The van der Waals surface area contributed by atoms with E-state index in [1.807, 2.05) is 26.0 Å². The van der Waals surface area contributed by atoms with Crippen LogP contribution in [0.15, 0.2) is 28.7 Å². The van der Waals surface area contributed by atoms with E-state index in [0.717, 1.165) is 23.4 Å². The Labute approximate surface area is 120 Å². The predicted octanol–water partition coefficient (Wildman–Crippen LogP) is 4.79. The van der Waals surface area contributed by atoms with Crippen molar-refractivity contribution >= 4 is 22.6 Å². The highest BCUT2D eigenvalue weighted by molar-refractivity contribution is 14.1. The molecular weight excluding hydrogens is 344 g/mol. The molecule has 0 N–H and O–H groups in total. The van der Waals surface area contributed by atoms with Crippen molar-refractivity contribution in [3.8, 4) is 11.5 Å². The summed E-state index contributed by atoms with van der Waals surface area (Å²) in [6.07, 6.45) is 0.851. The summed E-state index contributed by atoms with van der Waals surface area (Å²) >= 11 is 1.78. The van der Waals surface area contributed by atoms with Crippen molar-refractivity contribution in [2.75, 3.05) is 0 Å². The lowest BCUT2D eigenvalue weighted by atomic mass is 10.1. The average molecular weight is 359 g/mol. The van der Waals surface area contributed by atoms with Crippen LogP contribution in [0.5, 0.6) is 0 Å². The van der Waals surface area contributed by atoms with Gasteiger partial charge in [0.25, 0.3) is 0 Å². The number of hydrogen-bond acceptors (Lipinski definition) is 2.